The van der Waals surface area contributed by atoms with E-state index >= 15 is 0 Å². The van der Waals surface area contributed by atoms with Crippen molar-refractivity contribution >= 4 is 11.7 Å². The molecule has 11 heavy (non-hydrogen) atoms. The highest BCUT2D eigenvalue weighted by Gasteiger charge is 2.12. The number of rotatable bonds is 4. The maximum Gasteiger partial charge on any atom is 0.220 e. The first-order chi connectivity index (χ1) is 5.11. The van der Waals surface area contributed by atoms with Gasteiger partial charge in [0.25, 0.3) is 0 Å². The number of Topliss-reactive ketones (excluding diaryl/α,β-unsaturated/α-hetero) is 1. The first kappa shape index (κ1) is 10.1. The molecule has 0 aliphatic heterocycles. The quantitative estimate of drug-likeness (QED) is 0.658. The van der Waals surface area contributed by atoms with Crippen molar-refractivity contribution in [2.45, 2.75) is 39.7 Å². The molecule has 3 heteroatoms. The number of nitrogens with one attached hydrogen (secondary N) is 1. The molecule has 1 amide bonds. The molecule has 0 aromatic heterocycles. The number of hydrogen-bond donors (Lipinski definition) is 1. The van der Waals surface area contributed by atoms with Crippen LogP contribution in [0.25, 0.3) is 0 Å². The van der Waals surface area contributed by atoms with E-state index in [2.05, 4.69) is 5.32 Å². The Morgan fingerprint density at radius 3 is 2.18 bits per heavy atom. The van der Waals surface area contributed by atoms with Gasteiger partial charge in [0.2, 0.25) is 5.91 Å². The van der Waals surface area contributed by atoms with Gasteiger partial charge in [-0.3, -0.25) is 9.59 Å². The highest BCUT2D eigenvalue weighted by atomic mass is 16.2. The standard InChI is InChI=1S/C8H15NO2/c1-4-7(6(3)10)9-8(11)5-2/h7H,4-5H2,1-3H3,(H,9,11)/t7-/m1/s1. The molecule has 0 rings (SSSR count). The van der Waals surface area contributed by atoms with Gasteiger partial charge in [-0.05, 0) is 13.3 Å². The molecule has 3 nitrogen and oxygen atoms in total. The van der Waals surface area contributed by atoms with Crippen LogP contribution in [0, 0.1) is 0 Å². The third kappa shape index (κ3) is 3.75. The van der Waals surface area contributed by atoms with Crippen LogP contribution in [0.4, 0.5) is 0 Å². The Hall–Kier alpha value is -0.860. The molecule has 1 N–H and O–H groups in total. The van der Waals surface area contributed by atoms with E-state index in [9.17, 15) is 9.59 Å². The molecule has 0 saturated heterocycles. The van der Waals surface area contributed by atoms with Gasteiger partial charge in [0, 0.05) is 6.42 Å². The monoisotopic (exact) mass is 157 g/mol. The summed E-state index contributed by atoms with van der Waals surface area (Å²) in [7, 11) is 0. The summed E-state index contributed by atoms with van der Waals surface area (Å²) < 4.78 is 0. The lowest BCUT2D eigenvalue weighted by Crippen LogP contribution is -2.38. The third-order valence-corrected chi connectivity index (χ3v) is 1.56. The van der Waals surface area contributed by atoms with Gasteiger partial charge in [0.15, 0.2) is 5.78 Å². The van der Waals surface area contributed by atoms with Crippen molar-refractivity contribution < 1.29 is 9.59 Å². The first-order valence-electron chi connectivity index (χ1n) is 3.91. The topological polar surface area (TPSA) is 46.2 Å². The van der Waals surface area contributed by atoms with Crippen LogP contribution in [-0.4, -0.2) is 17.7 Å². The molecular formula is C8H15NO2. The Bertz CT molecular complexity index is 154. The number of amides is 1. The predicted molar refractivity (Wildman–Crippen MR) is 43.2 cm³/mol. The van der Waals surface area contributed by atoms with Crippen LogP contribution >= 0.6 is 0 Å². The van der Waals surface area contributed by atoms with Gasteiger partial charge in [-0.1, -0.05) is 13.8 Å². The van der Waals surface area contributed by atoms with Crippen molar-refractivity contribution in [2.24, 2.45) is 0 Å². The summed E-state index contributed by atoms with van der Waals surface area (Å²) in [4.78, 5) is 21.6. The molecule has 0 aromatic rings. The Labute approximate surface area is 67.2 Å². The van der Waals surface area contributed by atoms with Crippen LogP contribution in [0.2, 0.25) is 0 Å². The second kappa shape index (κ2) is 4.88. The molecule has 64 valence electrons. The zero-order valence-electron chi connectivity index (χ0n) is 7.31. The van der Waals surface area contributed by atoms with Crippen molar-refractivity contribution in [3.63, 3.8) is 0 Å². The van der Waals surface area contributed by atoms with Crippen molar-refractivity contribution in [1.82, 2.24) is 5.32 Å². The highest BCUT2D eigenvalue weighted by molar-refractivity contribution is 5.87. The molecule has 0 unspecified atom stereocenters. The Kier molecular flexibility index (Phi) is 4.50. The minimum atomic E-state index is -0.289. The predicted octanol–water partition coefficient (Wildman–Crippen LogP) is 0.880. The average molecular weight is 157 g/mol. The Morgan fingerprint density at radius 2 is 1.91 bits per heavy atom. The summed E-state index contributed by atoms with van der Waals surface area (Å²) in [6.07, 6.45) is 1.10. The second-order valence-electron chi connectivity index (χ2n) is 2.49. The summed E-state index contributed by atoms with van der Waals surface area (Å²) in [5.74, 6) is -0.0404. The lowest BCUT2D eigenvalue weighted by Gasteiger charge is -2.12. The van der Waals surface area contributed by atoms with E-state index < -0.39 is 0 Å². The van der Waals surface area contributed by atoms with Crippen LogP contribution in [0.15, 0.2) is 0 Å². The van der Waals surface area contributed by atoms with Gasteiger partial charge < -0.3 is 5.32 Å². The Morgan fingerprint density at radius 1 is 1.36 bits per heavy atom. The van der Waals surface area contributed by atoms with Crippen molar-refractivity contribution in [1.29, 1.82) is 0 Å². The number of carbonyl (C=O) groups is 2. The molecule has 0 radical (unpaired) electrons. The number of ketones is 1. The largest absolute Gasteiger partial charge is 0.346 e. The fraction of sp³-hybridized carbons (Fsp3) is 0.750. The van der Waals surface area contributed by atoms with Gasteiger partial charge in [0.05, 0.1) is 6.04 Å². The molecule has 0 aromatic carbocycles. The summed E-state index contributed by atoms with van der Waals surface area (Å²) in [6.45, 7) is 5.13. The maximum absolute atomic E-state index is 10.8. The van der Waals surface area contributed by atoms with Crippen LogP contribution in [-0.2, 0) is 9.59 Å². The van der Waals surface area contributed by atoms with Gasteiger partial charge in [-0.15, -0.1) is 0 Å². The van der Waals surface area contributed by atoms with E-state index in [0.717, 1.165) is 0 Å². The number of carbonyl (C=O) groups excluding carboxylic acids is 2. The smallest absolute Gasteiger partial charge is 0.220 e. The fourth-order valence-electron chi connectivity index (χ4n) is 0.788. The molecule has 0 heterocycles. The van der Waals surface area contributed by atoms with E-state index in [1.807, 2.05) is 6.92 Å². The lowest BCUT2D eigenvalue weighted by atomic mass is 10.1. The van der Waals surface area contributed by atoms with E-state index in [0.29, 0.717) is 12.8 Å². The zero-order chi connectivity index (χ0) is 8.85. The molecule has 0 aliphatic carbocycles. The van der Waals surface area contributed by atoms with Gasteiger partial charge in [-0.2, -0.15) is 0 Å². The molecule has 0 fully saturated rings. The maximum atomic E-state index is 10.8. The summed E-state index contributed by atoms with van der Waals surface area (Å²) in [5.41, 5.74) is 0. The molecule has 1 atom stereocenters. The van der Waals surface area contributed by atoms with E-state index in [-0.39, 0.29) is 17.7 Å². The van der Waals surface area contributed by atoms with Gasteiger partial charge >= 0.3 is 0 Å². The van der Waals surface area contributed by atoms with Crippen molar-refractivity contribution in [3.05, 3.63) is 0 Å². The average Bonchev–Trinajstić information content (AvgIpc) is 1.99. The van der Waals surface area contributed by atoms with Gasteiger partial charge in [0.1, 0.15) is 0 Å². The minimum absolute atomic E-state index is 0.0225. The molecule has 0 saturated carbocycles. The SMILES string of the molecule is CCC(=O)N[C@H](CC)C(C)=O. The third-order valence-electron chi connectivity index (χ3n) is 1.56. The molecule has 0 bridgehead atoms. The highest BCUT2D eigenvalue weighted by Crippen LogP contribution is 1.92. The van der Waals surface area contributed by atoms with Crippen molar-refractivity contribution in [2.75, 3.05) is 0 Å². The Balaban J connectivity index is 3.88. The summed E-state index contributed by atoms with van der Waals surface area (Å²) in [6, 6.07) is -0.289. The summed E-state index contributed by atoms with van der Waals surface area (Å²) >= 11 is 0. The zero-order valence-corrected chi connectivity index (χ0v) is 7.31. The van der Waals surface area contributed by atoms with Crippen molar-refractivity contribution in [3.8, 4) is 0 Å². The van der Waals surface area contributed by atoms with Crippen LogP contribution < -0.4 is 5.32 Å². The molecule has 0 spiro atoms. The minimum Gasteiger partial charge on any atom is -0.346 e. The lowest BCUT2D eigenvalue weighted by molar-refractivity contribution is -0.126. The first-order valence-corrected chi connectivity index (χ1v) is 3.91. The second-order valence-corrected chi connectivity index (χ2v) is 2.49. The summed E-state index contributed by atoms with van der Waals surface area (Å²) in [5, 5.41) is 2.63. The normalized spacial score (nSPS) is 12.3. The molecular weight excluding hydrogens is 142 g/mol. The van der Waals surface area contributed by atoms with Crippen LogP contribution in [0.5, 0.6) is 0 Å². The number of hydrogen-bond acceptors (Lipinski definition) is 2. The van der Waals surface area contributed by atoms with E-state index in [4.69, 9.17) is 0 Å². The fourth-order valence-corrected chi connectivity index (χ4v) is 0.788. The van der Waals surface area contributed by atoms with Gasteiger partial charge in [-0.25, -0.2) is 0 Å². The molecule has 0 aliphatic rings. The van der Waals surface area contributed by atoms with E-state index in [1.54, 1.807) is 6.92 Å². The van der Waals surface area contributed by atoms with Crippen LogP contribution in [0.3, 0.4) is 0 Å². The van der Waals surface area contributed by atoms with Crippen LogP contribution in [0.1, 0.15) is 33.6 Å². The van der Waals surface area contributed by atoms with E-state index in [1.165, 1.54) is 6.92 Å².